The molecule has 0 aliphatic carbocycles. The molecule has 1 atom stereocenters. The Kier molecular flexibility index (Phi) is 7.35. The van der Waals surface area contributed by atoms with E-state index in [9.17, 15) is 14.9 Å². The lowest BCUT2D eigenvalue weighted by Gasteiger charge is -2.34. The van der Waals surface area contributed by atoms with E-state index < -0.39 is 4.92 Å². The molecule has 2 heterocycles. The molecule has 136 valence electrons. The number of nitrogens with one attached hydrogen (secondary N) is 1. The van der Waals surface area contributed by atoms with E-state index >= 15 is 0 Å². The van der Waals surface area contributed by atoms with Gasteiger partial charge < -0.3 is 14.8 Å². The van der Waals surface area contributed by atoms with Gasteiger partial charge in [0.05, 0.1) is 11.3 Å². The van der Waals surface area contributed by atoms with E-state index in [1.165, 1.54) is 12.4 Å². The molecular weight excluding hydrogens is 369 g/mol. The molecule has 1 aliphatic heterocycles. The summed E-state index contributed by atoms with van der Waals surface area (Å²) in [6.07, 6.45) is 4.66. The van der Waals surface area contributed by atoms with Crippen molar-refractivity contribution in [3.63, 3.8) is 0 Å². The van der Waals surface area contributed by atoms with Crippen LogP contribution in [0, 0.1) is 10.1 Å². The van der Waals surface area contributed by atoms with Crippen LogP contribution in [0.3, 0.4) is 0 Å². The minimum Gasteiger partial charge on any atom is -0.333 e. The second-order valence-electron chi connectivity index (χ2n) is 5.48. The van der Waals surface area contributed by atoms with Gasteiger partial charge in [0.2, 0.25) is 0 Å². The van der Waals surface area contributed by atoms with Gasteiger partial charge in [-0.2, -0.15) is 0 Å². The van der Waals surface area contributed by atoms with Crippen molar-refractivity contribution in [1.29, 1.82) is 0 Å². The molecule has 1 aliphatic rings. The minimum absolute atomic E-state index is 0. The van der Waals surface area contributed by atoms with Gasteiger partial charge in [-0.15, -0.1) is 24.8 Å². The van der Waals surface area contributed by atoms with Crippen molar-refractivity contribution in [2.75, 3.05) is 19.6 Å². The molecule has 1 saturated heterocycles. The molecule has 10 heteroatoms. The Morgan fingerprint density at radius 3 is 2.76 bits per heavy atom. The zero-order valence-corrected chi connectivity index (χ0v) is 15.1. The number of aromatic nitrogens is 2. The Morgan fingerprint density at radius 1 is 1.40 bits per heavy atom. The van der Waals surface area contributed by atoms with Gasteiger partial charge in [0.1, 0.15) is 5.69 Å². The highest BCUT2D eigenvalue weighted by molar-refractivity contribution is 5.95. The summed E-state index contributed by atoms with van der Waals surface area (Å²) in [7, 11) is 0. The third-order valence-corrected chi connectivity index (χ3v) is 3.96. The summed E-state index contributed by atoms with van der Waals surface area (Å²) < 4.78 is 1.56. The molecule has 1 fully saturated rings. The van der Waals surface area contributed by atoms with Gasteiger partial charge >= 0.3 is 0 Å². The van der Waals surface area contributed by atoms with Gasteiger partial charge in [-0.05, 0) is 19.1 Å². The summed E-state index contributed by atoms with van der Waals surface area (Å²) >= 11 is 0. The predicted molar refractivity (Wildman–Crippen MR) is 98.1 cm³/mol. The molecule has 25 heavy (non-hydrogen) atoms. The van der Waals surface area contributed by atoms with E-state index in [1.54, 1.807) is 34.0 Å². The average Bonchev–Trinajstić information content (AvgIpc) is 3.08. The molecule has 0 spiro atoms. The maximum atomic E-state index is 12.6. The quantitative estimate of drug-likeness (QED) is 0.642. The standard InChI is InChI=1S/C15H17N5O3.2ClH/c1-11-9-16-5-7-19(11)15(21)12-2-3-13(14(8-12)20(22)23)18-6-4-17-10-18;;/h2-4,6,8,10-11,16H,5,7,9H2,1H3;2*1H. The molecule has 1 aromatic carbocycles. The number of carbonyl (C=O) groups is 1. The number of hydrogen-bond donors (Lipinski definition) is 1. The van der Waals surface area contributed by atoms with Gasteiger partial charge in [-0.3, -0.25) is 14.9 Å². The first-order chi connectivity index (χ1) is 11.1. The van der Waals surface area contributed by atoms with Crippen molar-refractivity contribution < 1.29 is 9.72 Å². The van der Waals surface area contributed by atoms with Crippen LogP contribution in [0.4, 0.5) is 5.69 Å². The van der Waals surface area contributed by atoms with E-state index in [1.807, 2.05) is 6.92 Å². The number of carbonyl (C=O) groups excluding carboxylic acids is 1. The first kappa shape index (κ1) is 20.9. The zero-order chi connectivity index (χ0) is 16.4. The highest BCUT2D eigenvalue weighted by Crippen LogP contribution is 2.25. The Hall–Kier alpha value is -2.16. The number of benzene rings is 1. The highest BCUT2D eigenvalue weighted by atomic mass is 35.5. The van der Waals surface area contributed by atoms with Gasteiger partial charge in [-0.1, -0.05) is 0 Å². The van der Waals surface area contributed by atoms with E-state index in [4.69, 9.17) is 0 Å². The van der Waals surface area contributed by atoms with Crippen molar-refractivity contribution in [3.05, 3.63) is 52.6 Å². The van der Waals surface area contributed by atoms with Crippen LogP contribution in [0.25, 0.3) is 5.69 Å². The fourth-order valence-corrected chi connectivity index (χ4v) is 2.73. The van der Waals surface area contributed by atoms with Crippen LogP contribution in [0.15, 0.2) is 36.9 Å². The summed E-state index contributed by atoms with van der Waals surface area (Å²) in [5.74, 6) is -0.181. The number of halogens is 2. The number of piperazine rings is 1. The molecule has 1 N–H and O–H groups in total. The third-order valence-electron chi connectivity index (χ3n) is 3.96. The van der Waals surface area contributed by atoms with Crippen LogP contribution < -0.4 is 5.32 Å². The van der Waals surface area contributed by atoms with Crippen LogP contribution in [0.1, 0.15) is 17.3 Å². The monoisotopic (exact) mass is 387 g/mol. The number of amides is 1. The van der Waals surface area contributed by atoms with E-state index in [0.29, 0.717) is 17.8 Å². The molecule has 0 saturated carbocycles. The molecule has 0 radical (unpaired) electrons. The summed E-state index contributed by atoms with van der Waals surface area (Å²) in [6.45, 7) is 4.00. The summed E-state index contributed by atoms with van der Waals surface area (Å²) in [4.78, 5) is 29.2. The topological polar surface area (TPSA) is 93.3 Å². The van der Waals surface area contributed by atoms with Crippen molar-refractivity contribution >= 4 is 36.4 Å². The fraction of sp³-hybridized carbons (Fsp3) is 0.333. The van der Waals surface area contributed by atoms with Crippen LogP contribution >= 0.6 is 24.8 Å². The number of rotatable bonds is 3. The molecule has 8 nitrogen and oxygen atoms in total. The summed E-state index contributed by atoms with van der Waals surface area (Å²) in [6, 6.07) is 4.61. The Balaban J connectivity index is 0.00000156. The normalized spacial score (nSPS) is 16.5. The number of nitrogens with zero attached hydrogens (tertiary/aromatic N) is 4. The summed E-state index contributed by atoms with van der Waals surface area (Å²) in [5.41, 5.74) is 0.600. The Bertz CT molecular complexity index is 739. The van der Waals surface area contributed by atoms with Crippen molar-refractivity contribution in [1.82, 2.24) is 19.8 Å². The van der Waals surface area contributed by atoms with Crippen LogP contribution in [0.5, 0.6) is 0 Å². The lowest BCUT2D eigenvalue weighted by atomic mass is 10.1. The molecule has 1 amide bonds. The van der Waals surface area contributed by atoms with Crippen molar-refractivity contribution in [2.45, 2.75) is 13.0 Å². The van der Waals surface area contributed by atoms with E-state index in [0.717, 1.165) is 13.1 Å². The second-order valence-corrected chi connectivity index (χ2v) is 5.48. The first-order valence-corrected chi connectivity index (χ1v) is 7.36. The van der Waals surface area contributed by atoms with Crippen LogP contribution in [-0.4, -0.2) is 51.0 Å². The minimum atomic E-state index is -0.479. The molecular formula is C15H19Cl2N5O3. The van der Waals surface area contributed by atoms with Gasteiger partial charge in [0, 0.05) is 49.7 Å². The Labute approximate surface area is 157 Å². The number of imidazole rings is 1. The maximum absolute atomic E-state index is 12.6. The fourth-order valence-electron chi connectivity index (χ4n) is 2.73. The first-order valence-electron chi connectivity index (χ1n) is 7.36. The predicted octanol–water partition coefficient (Wildman–Crippen LogP) is 2.06. The molecule has 2 aromatic rings. The third kappa shape index (κ3) is 4.28. The SMILES string of the molecule is CC1CNCCN1C(=O)c1ccc(-n2ccnc2)c([N+](=O)[O-])c1.Cl.Cl. The van der Waals surface area contributed by atoms with E-state index in [-0.39, 0.29) is 42.5 Å². The largest absolute Gasteiger partial charge is 0.333 e. The van der Waals surface area contributed by atoms with Crippen LogP contribution in [-0.2, 0) is 0 Å². The molecule has 1 unspecified atom stereocenters. The Morgan fingerprint density at radius 2 is 2.16 bits per heavy atom. The smallest absolute Gasteiger partial charge is 0.294 e. The van der Waals surface area contributed by atoms with Gasteiger partial charge in [0.25, 0.3) is 11.6 Å². The van der Waals surface area contributed by atoms with Crippen molar-refractivity contribution in [2.24, 2.45) is 0 Å². The van der Waals surface area contributed by atoms with Crippen LogP contribution in [0.2, 0.25) is 0 Å². The highest BCUT2D eigenvalue weighted by Gasteiger charge is 2.26. The lowest BCUT2D eigenvalue weighted by molar-refractivity contribution is -0.384. The molecule has 0 bridgehead atoms. The number of hydrogen-bond acceptors (Lipinski definition) is 5. The average molecular weight is 388 g/mol. The zero-order valence-electron chi connectivity index (χ0n) is 13.5. The number of nitro groups is 1. The number of nitro benzene ring substituents is 1. The lowest BCUT2D eigenvalue weighted by Crippen LogP contribution is -2.52. The van der Waals surface area contributed by atoms with E-state index in [2.05, 4.69) is 10.3 Å². The maximum Gasteiger partial charge on any atom is 0.294 e. The second kappa shape index (κ2) is 8.80. The van der Waals surface area contributed by atoms with Gasteiger partial charge in [-0.25, -0.2) is 4.98 Å². The molecule has 3 rings (SSSR count). The molecule has 1 aromatic heterocycles. The summed E-state index contributed by atoms with van der Waals surface area (Å²) in [5, 5.41) is 14.6. The van der Waals surface area contributed by atoms with Gasteiger partial charge in [0.15, 0.2) is 0 Å². The van der Waals surface area contributed by atoms with Crippen molar-refractivity contribution in [3.8, 4) is 5.69 Å².